The number of rotatable bonds is 3. The zero-order valence-corrected chi connectivity index (χ0v) is 15.6. The highest BCUT2D eigenvalue weighted by molar-refractivity contribution is 5.79. The Labute approximate surface area is 153 Å². The van der Waals surface area contributed by atoms with E-state index in [2.05, 4.69) is 46.8 Å². The van der Waals surface area contributed by atoms with Crippen molar-refractivity contribution in [2.24, 2.45) is 0 Å². The molecule has 6 heteroatoms. The lowest BCUT2D eigenvalue weighted by Crippen LogP contribution is -2.46. The molecule has 0 spiro atoms. The van der Waals surface area contributed by atoms with Gasteiger partial charge in [-0.05, 0) is 18.2 Å². The van der Waals surface area contributed by atoms with Crippen molar-refractivity contribution in [3.63, 3.8) is 0 Å². The van der Waals surface area contributed by atoms with Gasteiger partial charge in [-0.2, -0.15) is 0 Å². The van der Waals surface area contributed by atoms with Gasteiger partial charge < -0.3 is 9.42 Å². The van der Waals surface area contributed by atoms with Gasteiger partial charge in [-0.15, -0.1) is 0 Å². The summed E-state index contributed by atoms with van der Waals surface area (Å²) in [6, 6.07) is 10.1. The Balaban J connectivity index is 1.41. The summed E-state index contributed by atoms with van der Waals surface area (Å²) in [6.07, 6.45) is 1.87. The van der Waals surface area contributed by atoms with E-state index in [0.717, 1.165) is 61.0 Å². The highest BCUT2D eigenvalue weighted by atomic mass is 16.5. The Morgan fingerprint density at radius 2 is 1.81 bits per heavy atom. The fraction of sp³-hybridized carbons (Fsp3) is 0.450. The minimum atomic E-state index is -0.0359. The van der Waals surface area contributed by atoms with Crippen LogP contribution in [0.4, 0.5) is 5.82 Å². The Morgan fingerprint density at radius 3 is 2.58 bits per heavy atom. The van der Waals surface area contributed by atoms with Crippen molar-refractivity contribution < 1.29 is 4.52 Å². The summed E-state index contributed by atoms with van der Waals surface area (Å²) >= 11 is 0. The molecule has 1 saturated heterocycles. The molecule has 1 aliphatic heterocycles. The van der Waals surface area contributed by atoms with Crippen LogP contribution in [0.15, 0.2) is 41.1 Å². The number of piperazine rings is 1. The largest absolute Gasteiger partial charge is 0.356 e. The first-order valence-corrected chi connectivity index (χ1v) is 9.15. The van der Waals surface area contributed by atoms with E-state index in [9.17, 15) is 0 Å². The number of nitrogens with zero attached hydrogens (tertiary/aromatic N) is 5. The molecule has 0 aliphatic carbocycles. The van der Waals surface area contributed by atoms with E-state index >= 15 is 0 Å². The lowest BCUT2D eigenvalue weighted by molar-refractivity contribution is 0.242. The van der Waals surface area contributed by atoms with E-state index < -0.39 is 0 Å². The molecule has 3 aromatic rings. The molecule has 0 radical (unpaired) electrons. The summed E-state index contributed by atoms with van der Waals surface area (Å²) < 4.78 is 5.42. The van der Waals surface area contributed by atoms with Gasteiger partial charge in [0.05, 0.1) is 0 Å². The second kappa shape index (κ2) is 6.68. The Bertz CT molecular complexity index is 890. The third kappa shape index (κ3) is 3.42. The summed E-state index contributed by atoms with van der Waals surface area (Å²) in [6.45, 7) is 11.1. The van der Waals surface area contributed by atoms with E-state index in [1.54, 1.807) is 0 Å². The lowest BCUT2D eigenvalue weighted by atomic mass is 9.96. The van der Waals surface area contributed by atoms with Crippen LogP contribution in [0.2, 0.25) is 0 Å². The minimum Gasteiger partial charge on any atom is -0.356 e. The quantitative estimate of drug-likeness (QED) is 0.722. The summed E-state index contributed by atoms with van der Waals surface area (Å²) in [5, 5.41) is 5.37. The molecule has 1 fully saturated rings. The Morgan fingerprint density at radius 1 is 1.04 bits per heavy atom. The molecule has 0 saturated carbocycles. The average Bonchev–Trinajstić information content (AvgIpc) is 3.05. The van der Waals surface area contributed by atoms with Crippen molar-refractivity contribution in [1.82, 2.24) is 20.0 Å². The zero-order chi connectivity index (χ0) is 18.1. The first-order valence-electron chi connectivity index (χ1n) is 9.15. The highest BCUT2D eigenvalue weighted by Gasteiger charge is 2.22. The van der Waals surface area contributed by atoms with Crippen LogP contribution in [0.1, 0.15) is 32.3 Å². The fourth-order valence-electron chi connectivity index (χ4n) is 3.29. The summed E-state index contributed by atoms with van der Waals surface area (Å²) in [5.41, 5.74) is 1.84. The number of hydrogen-bond donors (Lipinski definition) is 0. The predicted molar refractivity (Wildman–Crippen MR) is 102 cm³/mol. The van der Waals surface area contributed by atoms with E-state index in [1.165, 1.54) is 0 Å². The molecule has 0 atom stereocenters. The van der Waals surface area contributed by atoms with Crippen molar-refractivity contribution in [1.29, 1.82) is 0 Å². The second-order valence-corrected chi connectivity index (χ2v) is 7.88. The van der Waals surface area contributed by atoms with Gasteiger partial charge in [-0.1, -0.05) is 38.1 Å². The van der Waals surface area contributed by atoms with Gasteiger partial charge in [0, 0.05) is 49.7 Å². The SMILES string of the molecule is CC(C)(C)c1nccc(N2CCN(Cc3noc4ccccc34)CC2)n1. The number of hydrogen-bond acceptors (Lipinski definition) is 6. The molecule has 2 aromatic heterocycles. The zero-order valence-electron chi connectivity index (χ0n) is 15.6. The van der Waals surface area contributed by atoms with E-state index in [0.29, 0.717) is 0 Å². The molecule has 0 unspecified atom stereocenters. The number of para-hydroxylation sites is 1. The van der Waals surface area contributed by atoms with Crippen molar-refractivity contribution in [3.8, 4) is 0 Å². The molecule has 1 aromatic carbocycles. The Hall–Kier alpha value is -2.47. The van der Waals surface area contributed by atoms with Gasteiger partial charge in [0.2, 0.25) is 0 Å². The van der Waals surface area contributed by atoms with E-state index in [4.69, 9.17) is 9.51 Å². The van der Waals surface area contributed by atoms with Crippen molar-refractivity contribution in [2.75, 3.05) is 31.1 Å². The molecule has 26 heavy (non-hydrogen) atoms. The van der Waals surface area contributed by atoms with Crippen molar-refractivity contribution >= 4 is 16.8 Å². The van der Waals surface area contributed by atoms with Gasteiger partial charge in [-0.25, -0.2) is 9.97 Å². The molecule has 0 N–H and O–H groups in total. The third-order valence-corrected chi connectivity index (χ3v) is 4.83. The van der Waals surface area contributed by atoms with E-state index in [1.807, 2.05) is 30.5 Å². The maximum atomic E-state index is 5.42. The molecule has 136 valence electrons. The molecule has 4 rings (SSSR count). The fourth-order valence-corrected chi connectivity index (χ4v) is 3.29. The maximum absolute atomic E-state index is 5.42. The topological polar surface area (TPSA) is 58.3 Å². The molecular formula is C20H25N5O. The van der Waals surface area contributed by atoms with Gasteiger partial charge >= 0.3 is 0 Å². The van der Waals surface area contributed by atoms with Gasteiger partial charge in [0.25, 0.3) is 0 Å². The first-order chi connectivity index (χ1) is 12.5. The smallest absolute Gasteiger partial charge is 0.167 e. The monoisotopic (exact) mass is 351 g/mol. The van der Waals surface area contributed by atoms with Crippen LogP contribution in [0.3, 0.4) is 0 Å². The maximum Gasteiger partial charge on any atom is 0.167 e. The van der Waals surface area contributed by atoms with Crippen LogP contribution in [0.5, 0.6) is 0 Å². The number of benzene rings is 1. The number of aromatic nitrogens is 3. The van der Waals surface area contributed by atoms with Crippen molar-refractivity contribution in [3.05, 3.63) is 48.0 Å². The molecule has 3 heterocycles. The first kappa shape index (κ1) is 17.0. The lowest BCUT2D eigenvalue weighted by Gasteiger charge is -2.35. The highest BCUT2D eigenvalue weighted by Crippen LogP contribution is 2.23. The average molecular weight is 351 g/mol. The summed E-state index contributed by atoms with van der Waals surface area (Å²) in [5.74, 6) is 1.92. The molecule has 0 bridgehead atoms. The summed E-state index contributed by atoms with van der Waals surface area (Å²) in [4.78, 5) is 14.0. The van der Waals surface area contributed by atoms with Crippen LogP contribution in [-0.2, 0) is 12.0 Å². The standard InChI is InChI=1S/C20H25N5O/c1-20(2,3)19-21-9-8-18(22-19)25-12-10-24(11-13-25)14-16-15-6-4-5-7-17(15)26-23-16/h4-9H,10-14H2,1-3H3. The van der Waals surface area contributed by atoms with Crippen LogP contribution < -0.4 is 4.90 Å². The Kier molecular flexibility index (Phi) is 4.36. The van der Waals surface area contributed by atoms with Gasteiger partial charge in [0.1, 0.15) is 17.3 Å². The molecular weight excluding hydrogens is 326 g/mol. The third-order valence-electron chi connectivity index (χ3n) is 4.83. The van der Waals surface area contributed by atoms with Crippen LogP contribution in [0, 0.1) is 0 Å². The van der Waals surface area contributed by atoms with Crippen LogP contribution in [0.25, 0.3) is 11.0 Å². The van der Waals surface area contributed by atoms with Gasteiger partial charge in [-0.3, -0.25) is 4.90 Å². The minimum absolute atomic E-state index is 0.0359. The number of anilines is 1. The van der Waals surface area contributed by atoms with Crippen LogP contribution in [-0.4, -0.2) is 46.2 Å². The van der Waals surface area contributed by atoms with Crippen molar-refractivity contribution in [2.45, 2.75) is 32.7 Å². The van der Waals surface area contributed by atoms with E-state index in [-0.39, 0.29) is 5.41 Å². The summed E-state index contributed by atoms with van der Waals surface area (Å²) in [7, 11) is 0. The normalized spacial score (nSPS) is 16.3. The molecule has 6 nitrogen and oxygen atoms in total. The molecule has 1 aliphatic rings. The van der Waals surface area contributed by atoms with Crippen LogP contribution >= 0.6 is 0 Å². The second-order valence-electron chi connectivity index (χ2n) is 7.88. The predicted octanol–water partition coefficient (Wildman–Crippen LogP) is 3.24. The van der Waals surface area contributed by atoms with Gasteiger partial charge in [0.15, 0.2) is 5.58 Å². The number of fused-ring (bicyclic) bond motifs is 1. The molecule has 0 amide bonds.